The van der Waals surface area contributed by atoms with Crippen molar-refractivity contribution >= 4 is 11.8 Å². The fourth-order valence-electron chi connectivity index (χ4n) is 2.02. The zero-order valence-electron chi connectivity index (χ0n) is 11.3. The monoisotopic (exact) mass is 258 g/mol. The van der Waals surface area contributed by atoms with E-state index < -0.39 is 0 Å². The molecule has 0 aliphatic carbocycles. The van der Waals surface area contributed by atoms with Gasteiger partial charge in [0.1, 0.15) is 10.9 Å². The van der Waals surface area contributed by atoms with E-state index in [0.717, 1.165) is 16.5 Å². The van der Waals surface area contributed by atoms with Crippen LogP contribution < -0.4 is 0 Å². The van der Waals surface area contributed by atoms with Gasteiger partial charge in [0.25, 0.3) is 0 Å². The van der Waals surface area contributed by atoms with Crippen LogP contribution in [0.2, 0.25) is 0 Å². The maximum atomic E-state index is 4.57. The first-order valence-electron chi connectivity index (χ1n) is 6.10. The van der Waals surface area contributed by atoms with Crippen molar-refractivity contribution in [3.63, 3.8) is 0 Å². The van der Waals surface area contributed by atoms with Crippen molar-refractivity contribution in [2.24, 2.45) is 0 Å². The molecule has 0 fully saturated rings. The Kier molecular flexibility index (Phi) is 4.02. The van der Waals surface area contributed by atoms with Crippen molar-refractivity contribution in [2.45, 2.75) is 31.7 Å². The number of hydrogen-bond donors (Lipinski definition) is 0. The van der Waals surface area contributed by atoms with Gasteiger partial charge in [-0.25, -0.2) is 9.97 Å². The second kappa shape index (κ2) is 5.53. The number of thioether (sulfide) groups is 1. The molecule has 0 radical (unpaired) electrons. The van der Waals surface area contributed by atoms with Crippen LogP contribution in [0.3, 0.4) is 0 Å². The van der Waals surface area contributed by atoms with Gasteiger partial charge in [0.05, 0.1) is 5.69 Å². The summed E-state index contributed by atoms with van der Waals surface area (Å²) in [5.41, 5.74) is 3.58. The van der Waals surface area contributed by atoms with Gasteiger partial charge < -0.3 is 0 Å². The van der Waals surface area contributed by atoms with Gasteiger partial charge >= 0.3 is 0 Å². The average Bonchev–Trinajstić information content (AvgIpc) is 2.38. The highest BCUT2D eigenvalue weighted by Crippen LogP contribution is 2.29. The van der Waals surface area contributed by atoms with Crippen LogP contribution in [-0.2, 0) is 0 Å². The van der Waals surface area contributed by atoms with Gasteiger partial charge in [-0.15, -0.1) is 11.8 Å². The third-order valence-corrected chi connectivity index (χ3v) is 3.51. The van der Waals surface area contributed by atoms with Gasteiger partial charge in [-0.2, -0.15) is 0 Å². The summed E-state index contributed by atoms with van der Waals surface area (Å²) in [4.78, 5) is 8.97. The lowest BCUT2D eigenvalue weighted by molar-refractivity contribution is 0.866. The molecular weight excluding hydrogens is 240 g/mol. The molecular formula is C15H18N2S. The van der Waals surface area contributed by atoms with E-state index in [1.165, 1.54) is 11.1 Å². The van der Waals surface area contributed by atoms with Crippen LogP contribution in [0.15, 0.2) is 35.4 Å². The first-order valence-corrected chi connectivity index (χ1v) is 7.33. The van der Waals surface area contributed by atoms with E-state index in [-0.39, 0.29) is 0 Å². The molecule has 0 amide bonds. The third-order valence-electron chi connectivity index (χ3n) is 2.88. The van der Waals surface area contributed by atoms with Crippen LogP contribution in [0.1, 0.15) is 31.2 Å². The second-order valence-electron chi connectivity index (χ2n) is 4.58. The van der Waals surface area contributed by atoms with Crippen molar-refractivity contribution in [1.82, 2.24) is 9.97 Å². The highest BCUT2D eigenvalue weighted by molar-refractivity contribution is 7.98. The van der Waals surface area contributed by atoms with E-state index in [2.05, 4.69) is 54.1 Å². The molecule has 0 atom stereocenters. The third kappa shape index (κ3) is 2.72. The Morgan fingerprint density at radius 1 is 1.11 bits per heavy atom. The molecule has 0 aliphatic heterocycles. The largest absolute Gasteiger partial charge is 0.233 e. The smallest absolute Gasteiger partial charge is 0.127 e. The molecule has 0 spiro atoms. The SMILES string of the molecule is CSc1cc(-c2ccccc2C(C)C)nc(C)n1. The lowest BCUT2D eigenvalue weighted by Crippen LogP contribution is -1.97. The Bertz CT molecular complexity index is 550. The fraction of sp³-hybridized carbons (Fsp3) is 0.333. The van der Waals surface area contributed by atoms with Crippen molar-refractivity contribution in [2.75, 3.05) is 6.26 Å². The van der Waals surface area contributed by atoms with Crippen LogP contribution in [0, 0.1) is 6.92 Å². The van der Waals surface area contributed by atoms with Crippen LogP contribution in [-0.4, -0.2) is 16.2 Å². The first kappa shape index (κ1) is 13.1. The number of aryl methyl sites for hydroxylation is 1. The van der Waals surface area contributed by atoms with E-state index >= 15 is 0 Å². The maximum absolute atomic E-state index is 4.57. The predicted octanol–water partition coefficient (Wildman–Crippen LogP) is 4.30. The van der Waals surface area contributed by atoms with Gasteiger partial charge in [-0.3, -0.25) is 0 Å². The molecule has 0 bridgehead atoms. The summed E-state index contributed by atoms with van der Waals surface area (Å²) in [6.45, 7) is 6.37. The van der Waals surface area contributed by atoms with Crippen LogP contribution in [0.4, 0.5) is 0 Å². The summed E-state index contributed by atoms with van der Waals surface area (Å²) in [5.74, 6) is 1.32. The first-order chi connectivity index (χ1) is 8.61. The molecule has 18 heavy (non-hydrogen) atoms. The molecule has 0 aliphatic rings. The standard InChI is InChI=1S/C15H18N2S/c1-10(2)12-7-5-6-8-13(12)14-9-15(18-4)17-11(3)16-14/h5-10H,1-4H3. The van der Waals surface area contributed by atoms with Crippen molar-refractivity contribution in [1.29, 1.82) is 0 Å². The van der Waals surface area contributed by atoms with E-state index in [4.69, 9.17) is 0 Å². The molecule has 2 rings (SSSR count). The average molecular weight is 258 g/mol. The molecule has 0 N–H and O–H groups in total. The summed E-state index contributed by atoms with van der Waals surface area (Å²) in [6, 6.07) is 10.5. The Balaban J connectivity index is 2.58. The van der Waals surface area contributed by atoms with Crippen molar-refractivity contribution in [3.05, 3.63) is 41.7 Å². The van der Waals surface area contributed by atoms with Crippen molar-refractivity contribution in [3.8, 4) is 11.3 Å². The minimum absolute atomic E-state index is 0.495. The normalized spacial score (nSPS) is 10.9. The molecule has 0 unspecified atom stereocenters. The van der Waals surface area contributed by atoms with E-state index in [1.807, 2.05) is 13.2 Å². The number of nitrogens with zero attached hydrogens (tertiary/aromatic N) is 2. The van der Waals surface area contributed by atoms with E-state index in [0.29, 0.717) is 5.92 Å². The Morgan fingerprint density at radius 2 is 1.83 bits per heavy atom. The maximum Gasteiger partial charge on any atom is 0.127 e. The predicted molar refractivity (Wildman–Crippen MR) is 78.1 cm³/mol. The Hall–Kier alpha value is -1.35. The molecule has 1 aromatic heterocycles. The summed E-state index contributed by atoms with van der Waals surface area (Å²) in [6.07, 6.45) is 2.04. The zero-order chi connectivity index (χ0) is 13.1. The van der Waals surface area contributed by atoms with Crippen molar-refractivity contribution < 1.29 is 0 Å². The highest BCUT2D eigenvalue weighted by atomic mass is 32.2. The number of aromatic nitrogens is 2. The van der Waals surface area contributed by atoms with Gasteiger partial charge in [-0.05, 0) is 30.7 Å². The molecule has 2 aromatic rings. The summed E-state index contributed by atoms with van der Waals surface area (Å²) >= 11 is 1.65. The number of benzene rings is 1. The molecule has 0 saturated carbocycles. The second-order valence-corrected chi connectivity index (χ2v) is 5.41. The highest BCUT2D eigenvalue weighted by Gasteiger charge is 2.10. The van der Waals surface area contributed by atoms with Crippen LogP contribution >= 0.6 is 11.8 Å². The fourth-order valence-corrected chi connectivity index (χ4v) is 2.47. The molecule has 3 heteroatoms. The minimum Gasteiger partial charge on any atom is -0.233 e. The lowest BCUT2D eigenvalue weighted by Gasteiger charge is -2.13. The molecule has 94 valence electrons. The summed E-state index contributed by atoms with van der Waals surface area (Å²) < 4.78 is 0. The van der Waals surface area contributed by atoms with Gasteiger partial charge in [0, 0.05) is 5.56 Å². The molecule has 1 heterocycles. The molecule has 2 nitrogen and oxygen atoms in total. The quantitative estimate of drug-likeness (QED) is 0.606. The van der Waals surface area contributed by atoms with Gasteiger partial charge in [0.2, 0.25) is 0 Å². The van der Waals surface area contributed by atoms with Gasteiger partial charge in [-0.1, -0.05) is 38.1 Å². The topological polar surface area (TPSA) is 25.8 Å². The van der Waals surface area contributed by atoms with E-state index in [1.54, 1.807) is 11.8 Å². The summed E-state index contributed by atoms with van der Waals surface area (Å²) in [5, 5.41) is 1.02. The minimum atomic E-state index is 0.495. The number of hydrogen-bond acceptors (Lipinski definition) is 3. The lowest BCUT2D eigenvalue weighted by atomic mass is 9.95. The Labute approximate surface area is 113 Å². The zero-order valence-corrected chi connectivity index (χ0v) is 12.1. The Morgan fingerprint density at radius 3 is 2.50 bits per heavy atom. The molecule has 1 aromatic carbocycles. The van der Waals surface area contributed by atoms with Gasteiger partial charge in [0.15, 0.2) is 0 Å². The number of rotatable bonds is 3. The van der Waals surface area contributed by atoms with Crippen LogP contribution in [0.5, 0.6) is 0 Å². The summed E-state index contributed by atoms with van der Waals surface area (Å²) in [7, 11) is 0. The van der Waals surface area contributed by atoms with Crippen LogP contribution in [0.25, 0.3) is 11.3 Å². The molecule has 0 saturated heterocycles. The van der Waals surface area contributed by atoms with E-state index in [9.17, 15) is 0 Å².